The first kappa shape index (κ1) is 19.9. The van der Waals surface area contributed by atoms with Crippen molar-refractivity contribution in [2.45, 2.75) is 19.1 Å². The van der Waals surface area contributed by atoms with Crippen molar-refractivity contribution in [2.75, 3.05) is 9.96 Å². The Bertz CT molecular complexity index is 1210. The van der Waals surface area contributed by atoms with Crippen LogP contribution >= 0.6 is 0 Å². The van der Waals surface area contributed by atoms with Gasteiger partial charge in [0.15, 0.2) is 6.10 Å². The average Bonchev–Trinajstić information content (AvgIpc) is 3.30. The van der Waals surface area contributed by atoms with Gasteiger partial charge in [-0.15, -0.1) is 0 Å². The number of hydrogen-bond donors (Lipinski definition) is 0. The quantitative estimate of drug-likeness (QED) is 0.354. The minimum absolute atomic E-state index is 0.0503. The second-order valence-electron chi connectivity index (χ2n) is 7.86. The number of nitro groups is 1. The SMILES string of the molecule is Cc1cccc(N2C(=O)[C@@H]3[C@H](ON(c4ccccc4)[C@H]3c3ccc([N+](=O)[O-])cc3)C2=O)c1. The van der Waals surface area contributed by atoms with E-state index in [-0.39, 0.29) is 11.6 Å². The van der Waals surface area contributed by atoms with Crippen molar-refractivity contribution < 1.29 is 19.3 Å². The van der Waals surface area contributed by atoms with Gasteiger partial charge >= 0.3 is 0 Å². The third kappa shape index (κ3) is 3.12. The maximum atomic E-state index is 13.5. The molecular formula is C24H19N3O5. The third-order valence-corrected chi connectivity index (χ3v) is 5.83. The van der Waals surface area contributed by atoms with Crippen molar-refractivity contribution in [2.24, 2.45) is 5.92 Å². The number of amides is 2. The fraction of sp³-hybridized carbons (Fsp3) is 0.167. The number of aryl methyl sites for hydroxylation is 1. The molecule has 2 heterocycles. The van der Waals surface area contributed by atoms with Crippen molar-refractivity contribution >= 4 is 28.9 Å². The molecule has 0 aliphatic carbocycles. The molecule has 3 aromatic rings. The number of para-hydroxylation sites is 1. The van der Waals surface area contributed by atoms with Crippen LogP contribution in [0.25, 0.3) is 0 Å². The highest BCUT2D eigenvalue weighted by Crippen LogP contribution is 2.47. The van der Waals surface area contributed by atoms with E-state index in [0.29, 0.717) is 16.9 Å². The van der Waals surface area contributed by atoms with E-state index in [0.717, 1.165) is 5.56 Å². The topological polar surface area (TPSA) is 93.0 Å². The van der Waals surface area contributed by atoms with Crippen molar-refractivity contribution in [1.82, 2.24) is 0 Å². The van der Waals surface area contributed by atoms with Gasteiger partial charge in [-0.3, -0.25) is 24.5 Å². The summed E-state index contributed by atoms with van der Waals surface area (Å²) in [6.07, 6.45) is -0.983. The van der Waals surface area contributed by atoms with E-state index < -0.39 is 28.9 Å². The standard InChI is InChI=1S/C24H19N3O5/c1-15-6-5-9-19(14-15)25-23(28)20-21(16-10-12-18(13-11-16)27(30)31)26(32-22(20)24(25)29)17-7-3-2-4-8-17/h2-14,20-22H,1H3/t20-,21-,22-/m0/s1. The fourth-order valence-electron chi connectivity index (χ4n) is 4.37. The van der Waals surface area contributed by atoms with E-state index in [1.54, 1.807) is 35.4 Å². The smallest absolute Gasteiger partial charge is 0.269 e. The molecule has 8 heteroatoms. The van der Waals surface area contributed by atoms with Crippen LogP contribution in [0.4, 0.5) is 17.1 Å². The van der Waals surface area contributed by atoms with Crippen LogP contribution in [0.3, 0.4) is 0 Å². The molecule has 2 saturated heterocycles. The molecule has 0 spiro atoms. The van der Waals surface area contributed by atoms with E-state index in [2.05, 4.69) is 0 Å². The van der Waals surface area contributed by atoms with Crippen molar-refractivity contribution in [3.63, 3.8) is 0 Å². The summed E-state index contributed by atoms with van der Waals surface area (Å²) in [4.78, 5) is 44.7. The number of benzene rings is 3. The molecule has 0 saturated carbocycles. The number of nitro benzene ring substituents is 1. The zero-order valence-electron chi connectivity index (χ0n) is 17.1. The lowest BCUT2D eigenvalue weighted by molar-refractivity contribution is -0.384. The molecule has 2 aliphatic heterocycles. The van der Waals surface area contributed by atoms with Crippen LogP contribution in [0.2, 0.25) is 0 Å². The van der Waals surface area contributed by atoms with Crippen LogP contribution in [-0.2, 0) is 14.4 Å². The molecular weight excluding hydrogens is 410 g/mol. The maximum absolute atomic E-state index is 13.5. The first-order valence-corrected chi connectivity index (χ1v) is 10.2. The molecule has 2 aliphatic rings. The molecule has 2 fully saturated rings. The molecule has 32 heavy (non-hydrogen) atoms. The van der Waals surface area contributed by atoms with Gasteiger partial charge in [0.1, 0.15) is 5.92 Å². The minimum Gasteiger partial charge on any atom is -0.273 e. The molecule has 0 N–H and O–H groups in total. The van der Waals surface area contributed by atoms with Crippen LogP contribution in [0, 0.1) is 23.0 Å². The van der Waals surface area contributed by atoms with Gasteiger partial charge in [-0.1, -0.05) is 42.5 Å². The Labute approximate surface area is 183 Å². The molecule has 0 radical (unpaired) electrons. The highest BCUT2D eigenvalue weighted by Gasteiger charge is 2.60. The highest BCUT2D eigenvalue weighted by atomic mass is 16.7. The molecule has 8 nitrogen and oxygen atoms in total. The van der Waals surface area contributed by atoms with Crippen LogP contribution in [0.15, 0.2) is 78.9 Å². The summed E-state index contributed by atoms with van der Waals surface area (Å²) in [5.74, 6) is -1.56. The monoisotopic (exact) mass is 429 g/mol. The third-order valence-electron chi connectivity index (χ3n) is 5.83. The van der Waals surface area contributed by atoms with Gasteiger partial charge in [0.25, 0.3) is 11.6 Å². The summed E-state index contributed by atoms with van der Waals surface area (Å²) >= 11 is 0. The van der Waals surface area contributed by atoms with Gasteiger partial charge < -0.3 is 0 Å². The zero-order valence-corrected chi connectivity index (χ0v) is 17.1. The molecule has 0 aromatic heterocycles. The number of carbonyl (C=O) groups is 2. The van der Waals surface area contributed by atoms with Gasteiger partial charge in [-0.2, -0.15) is 0 Å². The molecule has 160 valence electrons. The lowest BCUT2D eigenvalue weighted by Crippen LogP contribution is -2.37. The fourth-order valence-corrected chi connectivity index (χ4v) is 4.37. The predicted molar refractivity (Wildman–Crippen MR) is 117 cm³/mol. The van der Waals surface area contributed by atoms with E-state index in [1.165, 1.54) is 17.0 Å². The molecule has 3 atom stereocenters. The van der Waals surface area contributed by atoms with Gasteiger partial charge in [0.2, 0.25) is 5.91 Å². The van der Waals surface area contributed by atoms with Crippen LogP contribution in [0.5, 0.6) is 0 Å². The van der Waals surface area contributed by atoms with Crippen LogP contribution in [-0.4, -0.2) is 22.8 Å². The summed E-state index contributed by atoms with van der Waals surface area (Å²) in [7, 11) is 0. The van der Waals surface area contributed by atoms with Crippen LogP contribution < -0.4 is 9.96 Å². The Hall–Kier alpha value is -4.04. The Morgan fingerprint density at radius 2 is 1.56 bits per heavy atom. The number of carbonyl (C=O) groups excluding carboxylic acids is 2. The van der Waals surface area contributed by atoms with Gasteiger partial charge in [0.05, 0.1) is 22.3 Å². The van der Waals surface area contributed by atoms with Gasteiger partial charge in [0, 0.05) is 12.1 Å². The maximum Gasteiger partial charge on any atom is 0.269 e. The Morgan fingerprint density at radius 1 is 0.875 bits per heavy atom. The summed E-state index contributed by atoms with van der Waals surface area (Å²) in [5.41, 5.74) is 2.73. The zero-order chi connectivity index (χ0) is 22.4. The Kier molecular flexibility index (Phi) is 4.71. The molecule has 0 unspecified atom stereocenters. The normalized spacial score (nSPS) is 22.3. The van der Waals surface area contributed by atoms with E-state index in [4.69, 9.17) is 4.84 Å². The molecule has 2 amide bonds. The number of non-ortho nitro benzene ring substituents is 1. The van der Waals surface area contributed by atoms with E-state index in [1.807, 2.05) is 43.3 Å². The number of anilines is 2. The second kappa shape index (κ2) is 7.58. The highest BCUT2D eigenvalue weighted by molar-refractivity contribution is 6.23. The number of rotatable bonds is 4. The molecule has 5 rings (SSSR count). The molecule has 3 aromatic carbocycles. The minimum atomic E-state index is -0.983. The first-order chi connectivity index (χ1) is 15.5. The summed E-state index contributed by atoms with van der Waals surface area (Å²) in [6, 6.07) is 21.8. The van der Waals surface area contributed by atoms with Crippen molar-refractivity contribution in [1.29, 1.82) is 0 Å². The number of imide groups is 1. The Balaban J connectivity index is 1.58. The Morgan fingerprint density at radius 3 is 2.22 bits per heavy atom. The number of nitrogens with zero attached hydrogens (tertiary/aromatic N) is 3. The number of hydrogen-bond acceptors (Lipinski definition) is 6. The number of hydroxylamine groups is 1. The lowest BCUT2D eigenvalue weighted by Gasteiger charge is -2.28. The summed E-state index contributed by atoms with van der Waals surface area (Å²) in [5, 5.41) is 12.7. The van der Waals surface area contributed by atoms with Gasteiger partial charge in [-0.05, 0) is 42.3 Å². The van der Waals surface area contributed by atoms with Gasteiger partial charge in [-0.25, -0.2) is 9.96 Å². The second-order valence-corrected chi connectivity index (χ2v) is 7.86. The largest absolute Gasteiger partial charge is 0.273 e. The van der Waals surface area contributed by atoms with E-state index >= 15 is 0 Å². The summed E-state index contributed by atoms with van der Waals surface area (Å²) in [6.45, 7) is 1.89. The predicted octanol–water partition coefficient (Wildman–Crippen LogP) is 3.95. The first-order valence-electron chi connectivity index (χ1n) is 10.2. The average molecular weight is 429 g/mol. The lowest BCUT2D eigenvalue weighted by atomic mass is 9.90. The van der Waals surface area contributed by atoms with E-state index in [9.17, 15) is 19.7 Å². The van der Waals surface area contributed by atoms with Crippen molar-refractivity contribution in [3.8, 4) is 0 Å². The molecule has 0 bridgehead atoms. The summed E-state index contributed by atoms with van der Waals surface area (Å²) < 4.78 is 0. The van der Waals surface area contributed by atoms with Crippen LogP contribution in [0.1, 0.15) is 17.2 Å². The van der Waals surface area contributed by atoms with Crippen molar-refractivity contribution in [3.05, 3.63) is 100 Å². The number of fused-ring (bicyclic) bond motifs is 1.